The predicted molar refractivity (Wildman–Crippen MR) is 122 cm³/mol. The van der Waals surface area contributed by atoms with Gasteiger partial charge in [-0.25, -0.2) is 4.79 Å². The van der Waals surface area contributed by atoms with Crippen LogP contribution < -0.4 is 16.4 Å². The van der Waals surface area contributed by atoms with E-state index in [4.69, 9.17) is 15.2 Å². The van der Waals surface area contributed by atoms with Crippen LogP contribution >= 0.6 is 0 Å². The smallest absolute Gasteiger partial charge is 0.407 e. The average molecular weight is 469 g/mol. The van der Waals surface area contributed by atoms with E-state index in [9.17, 15) is 19.2 Å². The first kappa shape index (κ1) is 26.9. The average Bonchev–Trinajstić information content (AvgIpc) is 2.75. The molecular formula is C23H40N4O6. The summed E-state index contributed by atoms with van der Waals surface area (Å²) in [6.07, 6.45) is 5.48. The number of carbonyl (C=O) groups is 4. The molecule has 2 atom stereocenters. The molecule has 4 amide bonds. The van der Waals surface area contributed by atoms with Crippen LogP contribution in [0.25, 0.3) is 0 Å². The van der Waals surface area contributed by atoms with E-state index >= 15 is 0 Å². The molecular weight excluding hydrogens is 428 g/mol. The summed E-state index contributed by atoms with van der Waals surface area (Å²) in [5.41, 5.74) is 4.77. The van der Waals surface area contributed by atoms with Crippen molar-refractivity contribution in [1.82, 2.24) is 15.5 Å². The van der Waals surface area contributed by atoms with Gasteiger partial charge >= 0.3 is 6.09 Å². The van der Waals surface area contributed by atoms with Crippen molar-refractivity contribution in [2.75, 3.05) is 32.8 Å². The third kappa shape index (κ3) is 9.98. The number of amides is 4. The summed E-state index contributed by atoms with van der Waals surface area (Å²) in [6.45, 7) is 6.99. The zero-order valence-corrected chi connectivity index (χ0v) is 20.2. The molecule has 33 heavy (non-hydrogen) atoms. The molecule has 0 aromatic heterocycles. The van der Waals surface area contributed by atoms with Gasteiger partial charge in [0, 0.05) is 25.4 Å². The summed E-state index contributed by atoms with van der Waals surface area (Å²) in [5, 5.41) is 5.13. The van der Waals surface area contributed by atoms with Gasteiger partial charge in [-0.1, -0.05) is 32.1 Å². The van der Waals surface area contributed by atoms with Gasteiger partial charge in [-0.2, -0.15) is 0 Å². The molecule has 0 aromatic carbocycles. The third-order valence-corrected chi connectivity index (χ3v) is 6.01. The number of primary amides is 1. The van der Waals surface area contributed by atoms with Gasteiger partial charge in [-0.15, -0.1) is 0 Å². The minimum absolute atomic E-state index is 0.0767. The molecule has 4 N–H and O–H groups in total. The van der Waals surface area contributed by atoms with Crippen molar-refractivity contribution in [2.24, 2.45) is 17.6 Å². The van der Waals surface area contributed by atoms with Crippen LogP contribution in [0.2, 0.25) is 0 Å². The Balaban J connectivity index is 2.00. The van der Waals surface area contributed by atoms with Crippen LogP contribution in [0.5, 0.6) is 0 Å². The van der Waals surface area contributed by atoms with Crippen molar-refractivity contribution >= 4 is 23.8 Å². The standard InChI is InChI=1S/C23H40N4O6/c1-23(2,3)33-22(31)25-15-18(20(24)29)26-21(30)17(13-16-7-5-4-6-8-16)14-19(28)27-9-11-32-12-10-27/h16-18H,4-15H2,1-3H3,(H2,24,29)(H,25,31)(H,26,30)/t17-,18+/m1/s1. The summed E-state index contributed by atoms with van der Waals surface area (Å²) in [7, 11) is 0. The number of nitrogens with one attached hydrogen (secondary N) is 2. The Labute approximate surface area is 196 Å². The van der Waals surface area contributed by atoms with E-state index in [0.29, 0.717) is 38.6 Å². The second kappa shape index (κ2) is 12.8. The zero-order valence-electron chi connectivity index (χ0n) is 20.2. The lowest BCUT2D eigenvalue weighted by Gasteiger charge is -2.30. The Kier molecular flexibility index (Phi) is 10.4. The van der Waals surface area contributed by atoms with Crippen molar-refractivity contribution in [2.45, 2.75) is 77.4 Å². The van der Waals surface area contributed by atoms with Crippen molar-refractivity contribution in [3.05, 3.63) is 0 Å². The molecule has 0 radical (unpaired) electrons. The normalized spacial score (nSPS) is 19.3. The molecule has 10 nitrogen and oxygen atoms in total. The van der Waals surface area contributed by atoms with Crippen LogP contribution in [-0.2, 0) is 23.9 Å². The lowest BCUT2D eigenvalue weighted by Crippen LogP contribution is -2.53. The van der Waals surface area contributed by atoms with Gasteiger partial charge < -0.3 is 30.7 Å². The molecule has 0 spiro atoms. The Bertz CT molecular complexity index is 681. The summed E-state index contributed by atoms with van der Waals surface area (Å²) < 4.78 is 10.5. The molecule has 188 valence electrons. The quantitative estimate of drug-likeness (QED) is 0.466. The first-order valence-electron chi connectivity index (χ1n) is 12.0. The number of carbonyl (C=O) groups excluding carboxylic acids is 4. The molecule has 2 fully saturated rings. The van der Waals surface area contributed by atoms with E-state index in [0.717, 1.165) is 25.7 Å². The highest BCUT2D eigenvalue weighted by Gasteiger charge is 2.31. The van der Waals surface area contributed by atoms with Crippen LogP contribution in [0.1, 0.15) is 65.7 Å². The Morgan fingerprint density at radius 2 is 1.73 bits per heavy atom. The van der Waals surface area contributed by atoms with Gasteiger partial charge in [-0.05, 0) is 33.1 Å². The Morgan fingerprint density at radius 1 is 1.09 bits per heavy atom. The van der Waals surface area contributed by atoms with Crippen LogP contribution in [0.4, 0.5) is 4.79 Å². The third-order valence-electron chi connectivity index (χ3n) is 6.01. The highest BCUT2D eigenvalue weighted by molar-refractivity contribution is 5.90. The maximum Gasteiger partial charge on any atom is 0.407 e. The van der Waals surface area contributed by atoms with Crippen molar-refractivity contribution in [3.63, 3.8) is 0 Å². The number of morpholine rings is 1. The van der Waals surface area contributed by atoms with E-state index in [1.54, 1.807) is 25.7 Å². The largest absolute Gasteiger partial charge is 0.444 e. The summed E-state index contributed by atoms with van der Waals surface area (Å²) >= 11 is 0. The molecule has 1 aliphatic heterocycles. The number of rotatable bonds is 9. The van der Waals surface area contributed by atoms with Gasteiger partial charge in [0.05, 0.1) is 19.8 Å². The minimum Gasteiger partial charge on any atom is -0.444 e. The monoisotopic (exact) mass is 468 g/mol. The first-order valence-corrected chi connectivity index (χ1v) is 12.0. The lowest BCUT2D eigenvalue weighted by atomic mass is 9.81. The first-order chi connectivity index (χ1) is 15.5. The molecule has 0 bridgehead atoms. The van der Waals surface area contributed by atoms with Crippen molar-refractivity contribution in [1.29, 1.82) is 0 Å². The van der Waals surface area contributed by atoms with Crippen LogP contribution in [0.15, 0.2) is 0 Å². The van der Waals surface area contributed by atoms with Crippen molar-refractivity contribution in [3.8, 4) is 0 Å². The number of nitrogens with zero attached hydrogens (tertiary/aromatic N) is 1. The maximum absolute atomic E-state index is 13.2. The Morgan fingerprint density at radius 3 is 2.30 bits per heavy atom. The fourth-order valence-electron chi connectivity index (χ4n) is 4.27. The summed E-state index contributed by atoms with van der Waals surface area (Å²) in [4.78, 5) is 51.6. The molecule has 1 saturated heterocycles. The van der Waals surface area contributed by atoms with E-state index in [2.05, 4.69) is 10.6 Å². The van der Waals surface area contributed by atoms with Gasteiger partial charge in [-0.3, -0.25) is 14.4 Å². The minimum atomic E-state index is -1.10. The fraction of sp³-hybridized carbons (Fsp3) is 0.826. The topological polar surface area (TPSA) is 140 Å². The molecule has 1 heterocycles. The molecule has 10 heteroatoms. The number of hydrogen-bond donors (Lipinski definition) is 3. The molecule has 0 aromatic rings. The van der Waals surface area contributed by atoms with Crippen LogP contribution in [0, 0.1) is 11.8 Å². The lowest BCUT2D eigenvalue weighted by molar-refractivity contribution is -0.140. The fourth-order valence-corrected chi connectivity index (χ4v) is 4.27. The highest BCUT2D eigenvalue weighted by atomic mass is 16.6. The van der Waals surface area contributed by atoms with E-state index in [-0.39, 0.29) is 18.9 Å². The molecule has 0 unspecified atom stereocenters. The number of ether oxygens (including phenoxy) is 2. The maximum atomic E-state index is 13.2. The van der Waals surface area contributed by atoms with E-state index in [1.165, 1.54) is 6.42 Å². The Hall–Kier alpha value is -2.36. The predicted octanol–water partition coefficient (Wildman–Crippen LogP) is 1.32. The SMILES string of the molecule is CC(C)(C)OC(=O)NC[C@H](NC(=O)[C@@H](CC(=O)N1CCOCC1)CC1CCCCC1)C(N)=O. The summed E-state index contributed by atoms with van der Waals surface area (Å²) in [6, 6.07) is -1.10. The molecule has 1 aliphatic carbocycles. The molecule has 2 rings (SSSR count). The van der Waals surface area contributed by atoms with Crippen molar-refractivity contribution < 1.29 is 28.7 Å². The van der Waals surface area contributed by atoms with E-state index in [1.807, 2.05) is 0 Å². The highest BCUT2D eigenvalue weighted by Crippen LogP contribution is 2.30. The molecule has 2 aliphatic rings. The van der Waals surface area contributed by atoms with Gasteiger partial charge in [0.2, 0.25) is 17.7 Å². The second-order valence-corrected chi connectivity index (χ2v) is 9.98. The van der Waals surface area contributed by atoms with E-state index < -0.39 is 35.5 Å². The van der Waals surface area contributed by atoms with Gasteiger partial charge in [0.1, 0.15) is 11.6 Å². The van der Waals surface area contributed by atoms with Gasteiger partial charge in [0.15, 0.2) is 0 Å². The van der Waals surface area contributed by atoms with Gasteiger partial charge in [0.25, 0.3) is 0 Å². The van der Waals surface area contributed by atoms with Crippen LogP contribution in [-0.4, -0.2) is 73.2 Å². The molecule has 1 saturated carbocycles. The van der Waals surface area contributed by atoms with Crippen LogP contribution in [0.3, 0.4) is 0 Å². The zero-order chi connectivity index (χ0) is 24.4. The second-order valence-electron chi connectivity index (χ2n) is 9.98. The summed E-state index contributed by atoms with van der Waals surface area (Å²) in [5.74, 6) is -1.44. The number of hydrogen-bond acceptors (Lipinski definition) is 6. The number of alkyl carbamates (subject to hydrolysis) is 1. The number of nitrogens with two attached hydrogens (primary N) is 1.